The van der Waals surface area contributed by atoms with E-state index in [1.807, 2.05) is 37.3 Å². The van der Waals surface area contributed by atoms with E-state index in [2.05, 4.69) is 39.8 Å². The lowest BCUT2D eigenvalue weighted by Crippen LogP contribution is -2.20. The van der Waals surface area contributed by atoms with Crippen molar-refractivity contribution in [2.24, 2.45) is 5.10 Å². The molecule has 0 spiro atoms. The third-order valence-corrected chi connectivity index (χ3v) is 3.90. The Morgan fingerprint density at radius 1 is 0.880 bits per heavy atom. The molecule has 0 aliphatic carbocycles. The predicted octanol–water partition coefficient (Wildman–Crippen LogP) is 4.29. The maximum atomic E-state index is 12.1. The number of hydrogen-bond acceptors (Lipinski definition) is 3. The summed E-state index contributed by atoms with van der Waals surface area (Å²) in [5.41, 5.74) is 7.31. The highest BCUT2D eigenvalue weighted by Gasteiger charge is 2.06. The topological polar surface area (TPSA) is 54.4 Å². The quantitative estimate of drug-likeness (QED) is 0.561. The van der Waals surface area contributed by atoms with Gasteiger partial charge in [-0.1, -0.05) is 61.5 Å². The van der Waals surface area contributed by atoms with Gasteiger partial charge in [0.15, 0.2) is 0 Å². The third kappa shape index (κ3) is 4.18. The highest BCUT2D eigenvalue weighted by atomic mass is 16.2. The first-order valence-electron chi connectivity index (χ1n) is 8.20. The minimum atomic E-state index is -0.241. The first-order valence-corrected chi connectivity index (χ1v) is 8.20. The van der Waals surface area contributed by atoms with Gasteiger partial charge < -0.3 is 0 Å². The Hall–Kier alpha value is -3.27. The fourth-order valence-electron chi connectivity index (χ4n) is 2.52. The molecule has 0 atom stereocenters. The summed E-state index contributed by atoms with van der Waals surface area (Å²) in [6.45, 7) is 2.02. The molecule has 2 aromatic carbocycles. The van der Waals surface area contributed by atoms with Crippen molar-refractivity contribution in [3.8, 4) is 11.1 Å². The number of carbonyl (C=O) groups excluding carboxylic acids is 1. The minimum absolute atomic E-state index is 0.241. The van der Waals surface area contributed by atoms with Crippen LogP contribution in [0.15, 0.2) is 84.2 Å². The first kappa shape index (κ1) is 16.6. The van der Waals surface area contributed by atoms with E-state index in [1.54, 1.807) is 24.5 Å². The zero-order valence-corrected chi connectivity index (χ0v) is 14.0. The number of hydrazone groups is 1. The van der Waals surface area contributed by atoms with Crippen LogP contribution in [-0.4, -0.2) is 16.6 Å². The molecule has 4 heteroatoms. The molecule has 3 aromatic rings. The molecule has 0 bridgehead atoms. The third-order valence-electron chi connectivity index (χ3n) is 3.90. The highest BCUT2D eigenvalue weighted by molar-refractivity contribution is 6.02. The molecule has 0 radical (unpaired) electrons. The zero-order chi connectivity index (χ0) is 17.5. The average molecular weight is 329 g/mol. The van der Waals surface area contributed by atoms with E-state index >= 15 is 0 Å². The van der Waals surface area contributed by atoms with Crippen LogP contribution in [0.3, 0.4) is 0 Å². The number of amides is 1. The van der Waals surface area contributed by atoms with E-state index < -0.39 is 0 Å². The van der Waals surface area contributed by atoms with Crippen LogP contribution in [0.2, 0.25) is 0 Å². The van der Waals surface area contributed by atoms with E-state index in [-0.39, 0.29) is 5.91 Å². The van der Waals surface area contributed by atoms with Crippen LogP contribution in [0, 0.1) is 0 Å². The molecular formula is C21H19N3O. The number of nitrogens with zero attached hydrogens (tertiary/aromatic N) is 2. The van der Waals surface area contributed by atoms with Crippen molar-refractivity contribution in [3.63, 3.8) is 0 Å². The van der Waals surface area contributed by atoms with Crippen molar-refractivity contribution in [2.75, 3.05) is 0 Å². The lowest BCUT2D eigenvalue weighted by atomic mass is 10.0. The number of benzene rings is 2. The molecule has 1 aromatic heterocycles. The molecule has 124 valence electrons. The second-order valence-electron chi connectivity index (χ2n) is 5.53. The van der Waals surface area contributed by atoms with Crippen LogP contribution in [0.4, 0.5) is 0 Å². The summed E-state index contributed by atoms with van der Waals surface area (Å²) < 4.78 is 0. The molecule has 1 amide bonds. The molecule has 25 heavy (non-hydrogen) atoms. The van der Waals surface area contributed by atoms with Gasteiger partial charge in [0.05, 0.1) is 5.71 Å². The largest absolute Gasteiger partial charge is 0.271 e. The summed E-state index contributed by atoms with van der Waals surface area (Å²) in [5.74, 6) is -0.241. The Bertz CT molecular complexity index is 857. The Morgan fingerprint density at radius 2 is 1.52 bits per heavy atom. The second-order valence-corrected chi connectivity index (χ2v) is 5.53. The Kier molecular flexibility index (Phi) is 5.32. The van der Waals surface area contributed by atoms with Crippen molar-refractivity contribution in [2.45, 2.75) is 13.3 Å². The molecule has 4 nitrogen and oxygen atoms in total. The minimum Gasteiger partial charge on any atom is -0.267 e. The predicted molar refractivity (Wildman–Crippen MR) is 100 cm³/mol. The number of hydrogen-bond donors (Lipinski definition) is 1. The van der Waals surface area contributed by atoms with Gasteiger partial charge in [-0.3, -0.25) is 9.78 Å². The van der Waals surface area contributed by atoms with Gasteiger partial charge in [0, 0.05) is 18.0 Å². The van der Waals surface area contributed by atoms with E-state index in [0.29, 0.717) is 5.56 Å². The molecule has 0 unspecified atom stereocenters. The second kappa shape index (κ2) is 8.02. The summed E-state index contributed by atoms with van der Waals surface area (Å²) in [6.07, 6.45) is 3.89. The fraction of sp³-hybridized carbons (Fsp3) is 0.0952. The number of pyridine rings is 1. The van der Waals surface area contributed by atoms with Gasteiger partial charge in [-0.25, -0.2) is 5.43 Å². The number of carbonyl (C=O) groups is 1. The first-order chi connectivity index (χ1) is 12.3. The maximum absolute atomic E-state index is 12.1. The molecule has 0 saturated carbocycles. The zero-order valence-electron chi connectivity index (χ0n) is 14.0. The molecule has 3 rings (SSSR count). The SMILES string of the molecule is CCC(=NNC(=O)c1ccncc1)c1ccc(-c2ccccc2)cc1. The average Bonchev–Trinajstić information content (AvgIpc) is 2.70. The van der Waals surface area contributed by atoms with E-state index in [4.69, 9.17) is 0 Å². The van der Waals surface area contributed by atoms with Crippen molar-refractivity contribution in [1.82, 2.24) is 10.4 Å². The number of aromatic nitrogens is 1. The normalized spacial score (nSPS) is 11.2. The van der Waals surface area contributed by atoms with E-state index in [1.165, 1.54) is 5.56 Å². The number of rotatable bonds is 5. The lowest BCUT2D eigenvalue weighted by Gasteiger charge is -2.07. The van der Waals surface area contributed by atoms with Gasteiger partial charge >= 0.3 is 0 Å². The lowest BCUT2D eigenvalue weighted by molar-refractivity contribution is 0.0954. The van der Waals surface area contributed by atoms with Crippen molar-refractivity contribution >= 4 is 11.6 Å². The summed E-state index contributed by atoms with van der Waals surface area (Å²) in [6, 6.07) is 21.7. The Morgan fingerprint density at radius 3 is 2.16 bits per heavy atom. The molecule has 0 saturated heterocycles. The van der Waals surface area contributed by atoms with Crippen molar-refractivity contribution in [3.05, 3.63) is 90.3 Å². The molecule has 0 fully saturated rings. The van der Waals surface area contributed by atoms with E-state index in [9.17, 15) is 4.79 Å². The van der Waals surface area contributed by atoms with Crippen molar-refractivity contribution < 1.29 is 4.79 Å². The molecule has 1 heterocycles. The summed E-state index contributed by atoms with van der Waals surface area (Å²) in [5, 5.41) is 4.29. The summed E-state index contributed by atoms with van der Waals surface area (Å²) in [4.78, 5) is 16.0. The molecule has 0 aliphatic heterocycles. The van der Waals surface area contributed by atoms with Gasteiger partial charge in [-0.2, -0.15) is 5.10 Å². The summed E-state index contributed by atoms with van der Waals surface area (Å²) >= 11 is 0. The van der Waals surface area contributed by atoms with Gasteiger partial charge in [0.2, 0.25) is 0 Å². The van der Waals surface area contributed by atoms with Gasteiger partial charge in [0.25, 0.3) is 5.91 Å². The van der Waals surface area contributed by atoms with Crippen LogP contribution in [-0.2, 0) is 0 Å². The van der Waals surface area contributed by atoms with Gasteiger partial charge in [-0.15, -0.1) is 0 Å². The van der Waals surface area contributed by atoms with Gasteiger partial charge in [0.1, 0.15) is 0 Å². The van der Waals surface area contributed by atoms with E-state index in [0.717, 1.165) is 23.3 Å². The van der Waals surface area contributed by atoms with Crippen LogP contribution < -0.4 is 5.43 Å². The van der Waals surface area contributed by atoms with Crippen LogP contribution >= 0.6 is 0 Å². The smallest absolute Gasteiger partial charge is 0.267 e. The monoisotopic (exact) mass is 329 g/mol. The Balaban J connectivity index is 1.75. The van der Waals surface area contributed by atoms with Crippen LogP contribution in [0.25, 0.3) is 11.1 Å². The molecular weight excluding hydrogens is 310 g/mol. The summed E-state index contributed by atoms with van der Waals surface area (Å²) in [7, 11) is 0. The molecule has 1 N–H and O–H groups in total. The molecule has 0 aliphatic rings. The van der Waals surface area contributed by atoms with Crippen molar-refractivity contribution in [1.29, 1.82) is 0 Å². The number of nitrogens with one attached hydrogen (secondary N) is 1. The van der Waals surface area contributed by atoms with Gasteiger partial charge in [-0.05, 0) is 35.2 Å². The van der Waals surface area contributed by atoms with Crippen LogP contribution in [0.1, 0.15) is 29.3 Å². The fourth-order valence-corrected chi connectivity index (χ4v) is 2.52. The Labute approximate surface area is 147 Å². The highest BCUT2D eigenvalue weighted by Crippen LogP contribution is 2.19. The standard InChI is InChI=1S/C21H19N3O/c1-2-20(23-24-21(25)19-12-14-22-15-13-19)18-10-8-17(9-11-18)16-6-4-3-5-7-16/h3-15H,2H2,1H3,(H,24,25). The maximum Gasteiger partial charge on any atom is 0.271 e. The van der Waals surface area contributed by atoms with Crippen LogP contribution in [0.5, 0.6) is 0 Å².